The van der Waals surface area contributed by atoms with Crippen LogP contribution in [0.2, 0.25) is 5.02 Å². The highest BCUT2D eigenvalue weighted by atomic mass is 35.5. The molecule has 3 heteroatoms. The van der Waals surface area contributed by atoms with E-state index in [-0.39, 0.29) is 0 Å². The molecule has 0 amide bonds. The van der Waals surface area contributed by atoms with Gasteiger partial charge in [-0.15, -0.1) is 0 Å². The Kier molecular flexibility index (Phi) is 4.23. The third-order valence-electron chi connectivity index (χ3n) is 4.43. The van der Waals surface area contributed by atoms with Gasteiger partial charge in [0.15, 0.2) is 0 Å². The van der Waals surface area contributed by atoms with Gasteiger partial charge >= 0.3 is 0 Å². The normalized spacial score (nSPS) is 19.9. The van der Waals surface area contributed by atoms with Gasteiger partial charge in [-0.05, 0) is 62.8 Å². The molecule has 0 aromatic heterocycles. The van der Waals surface area contributed by atoms with Crippen LogP contribution in [-0.2, 0) is 0 Å². The zero-order valence-electron chi connectivity index (χ0n) is 12.5. The number of hydrogen-bond acceptors (Lipinski definition) is 2. The lowest BCUT2D eigenvalue weighted by Gasteiger charge is -2.26. The van der Waals surface area contributed by atoms with E-state index >= 15 is 0 Å². The molecule has 1 atom stereocenters. The molecule has 0 saturated heterocycles. The molecule has 2 fully saturated rings. The molecule has 0 radical (unpaired) electrons. The first-order chi connectivity index (χ1) is 9.69. The summed E-state index contributed by atoms with van der Waals surface area (Å²) in [6, 6.07) is 7.71. The van der Waals surface area contributed by atoms with Crippen LogP contribution >= 0.6 is 11.6 Å². The first-order valence-corrected chi connectivity index (χ1v) is 8.36. The van der Waals surface area contributed by atoms with Crippen molar-refractivity contribution in [1.29, 1.82) is 0 Å². The quantitative estimate of drug-likeness (QED) is 0.802. The fraction of sp³-hybridized carbons (Fsp3) is 0.647. The van der Waals surface area contributed by atoms with Crippen LogP contribution in [0.25, 0.3) is 0 Å². The van der Waals surface area contributed by atoms with Crippen molar-refractivity contribution in [2.45, 2.75) is 51.6 Å². The Bertz CT molecular complexity index is 466. The molecule has 2 nitrogen and oxygen atoms in total. The van der Waals surface area contributed by atoms with Gasteiger partial charge in [0.05, 0.1) is 10.7 Å². The highest BCUT2D eigenvalue weighted by Crippen LogP contribution is 2.40. The van der Waals surface area contributed by atoms with E-state index in [1.807, 2.05) is 0 Å². The van der Waals surface area contributed by atoms with E-state index in [0.717, 1.165) is 23.5 Å². The van der Waals surface area contributed by atoms with E-state index in [1.165, 1.54) is 43.5 Å². The molecule has 110 valence electrons. The Hall–Kier alpha value is -0.730. The summed E-state index contributed by atoms with van der Waals surface area (Å²) < 4.78 is 0. The van der Waals surface area contributed by atoms with E-state index in [1.54, 1.807) is 0 Å². The van der Waals surface area contributed by atoms with Crippen molar-refractivity contribution >= 4 is 17.3 Å². The number of rotatable bonds is 7. The highest BCUT2D eigenvalue weighted by Gasteiger charge is 2.34. The van der Waals surface area contributed by atoms with Gasteiger partial charge in [-0.25, -0.2) is 0 Å². The molecule has 3 rings (SSSR count). The van der Waals surface area contributed by atoms with Gasteiger partial charge < -0.3 is 10.2 Å². The summed E-state index contributed by atoms with van der Waals surface area (Å²) in [5, 5.41) is 4.36. The van der Waals surface area contributed by atoms with Crippen LogP contribution in [0.3, 0.4) is 0 Å². The van der Waals surface area contributed by atoms with Crippen LogP contribution in [-0.4, -0.2) is 19.1 Å². The number of anilines is 1. The Morgan fingerprint density at radius 1 is 1.30 bits per heavy atom. The van der Waals surface area contributed by atoms with E-state index in [9.17, 15) is 0 Å². The smallest absolute Gasteiger partial charge is 0.0642 e. The van der Waals surface area contributed by atoms with Gasteiger partial charge in [0, 0.05) is 18.6 Å². The van der Waals surface area contributed by atoms with E-state index < -0.39 is 0 Å². The maximum absolute atomic E-state index is 6.57. The molecule has 2 aliphatic rings. The average molecular weight is 293 g/mol. The topological polar surface area (TPSA) is 15.3 Å². The molecule has 0 aliphatic heterocycles. The fourth-order valence-corrected chi connectivity index (χ4v) is 3.16. The van der Waals surface area contributed by atoms with Crippen molar-refractivity contribution in [2.24, 2.45) is 5.92 Å². The molecule has 2 saturated carbocycles. The zero-order chi connectivity index (χ0) is 14.1. The number of nitrogens with one attached hydrogen (secondary N) is 1. The molecule has 1 aromatic rings. The van der Waals surface area contributed by atoms with Crippen molar-refractivity contribution in [3.8, 4) is 0 Å². The van der Waals surface area contributed by atoms with Crippen LogP contribution in [0.4, 0.5) is 5.69 Å². The Labute approximate surface area is 127 Å². The summed E-state index contributed by atoms with van der Waals surface area (Å²) in [5.74, 6) is 0.909. The number of nitrogens with zero attached hydrogens (tertiary/aromatic N) is 1. The third-order valence-corrected chi connectivity index (χ3v) is 4.73. The lowest BCUT2D eigenvalue weighted by atomic mass is 10.1. The highest BCUT2D eigenvalue weighted by molar-refractivity contribution is 6.33. The second kappa shape index (κ2) is 5.95. The number of halogens is 1. The Balaban J connectivity index is 1.77. The van der Waals surface area contributed by atoms with Crippen LogP contribution in [0.15, 0.2) is 18.2 Å². The maximum Gasteiger partial charge on any atom is 0.0642 e. The molecule has 0 spiro atoms. The van der Waals surface area contributed by atoms with Gasteiger partial charge in [0.2, 0.25) is 0 Å². The molecule has 1 unspecified atom stereocenters. The SMILES string of the molecule is CCNC(C)c1ccc(N(CC2CC2)C2CC2)c(Cl)c1. The van der Waals surface area contributed by atoms with E-state index in [0.29, 0.717) is 6.04 Å². The van der Waals surface area contributed by atoms with Gasteiger partial charge in [-0.2, -0.15) is 0 Å². The molecule has 1 N–H and O–H groups in total. The molecule has 2 aliphatic carbocycles. The van der Waals surface area contributed by atoms with Crippen LogP contribution in [0, 0.1) is 5.92 Å². The van der Waals surface area contributed by atoms with Crippen molar-refractivity contribution in [3.05, 3.63) is 28.8 Å². The van der Waals surface area contributed by atoms with Gasteiger partial charge in [0.25, 0.3) is 0 Å². The molecular formula is C17H25ClN2. The Morgan fingerprint density at radius 3 is 2.60 bits per heavy atom. The van der Waals surface area contributed by atoms with E-state index in [4.69, 9.17) is 11.6 Å². The minimum atomic E-state index is 0.365. The van der Waals surface area contributed by atoms with Crippen molar-refractivity contribution in [3.63, 3.8) is 0 Å². The maximum atomic E-state index is 6.57. The summed E-state index contributed by atoms with van der Waals surface area (Å²) in [6.07, 6.45) is 5.46. The molecule has 0 bridgehead atoms. The molecule has 20 heavy (non-hydrogen) atoms. The van der Waals surface area contributed by atoms with Crippen molar-refractivity contribution in [1.82, 2.24) is 5.32 Å². The fourth-order valence-electron chi connectivity index (χ4n) is 2.86. The van der Waals surface area contributed by atoms with Crippen molar-refractivity contribution in [2.75, 3.05) is 18.0 Å². The summed E-state index contributed by atoms with van der Waals surface area (Å²) in [6.45, 7) is 6.51. The lowest BCUT2D eigenvalue weighted by Crippen LogP contribution is -2.28. The monoisotopic (exact) mass is 292 g/mol. The van der Waals surface area contributed by atoms with Gasteiger partial charge in [0.1, 0.15) is 0 Å². The van der Waals surface area contributed by atoms with Crippen molar-refractivity contribution < 1.29 is 0 Å². The first kappa shape index (κ1) is 14.2. The first-order valence-electron chi connectivity index (χ1n) is 7.98. The van der Waals surface area contributed by atoms with Crippen LogP contribution in [0.1, 0.15) is 51.1 Å². The standard InChI is InChI=1S/C17H25ClN2/c1-3-19-12(2)14-6-9-17(16(18)10-14)20(15-7-8-15)11-13-4-5-13/h6,9-10,12-13,15,19H,3-5,7-8,11H2,1-2H3. The number of benzene rings is 1. The zero-order valence-corrected chi connectivity index (χ0v) is 13.3. The second-order valence-corrected chi connectivity index (χ2v) is 6.72. The number of hydrogen-bond donors (Lipinski definition) is 1. The molecule has 0 heterocycles. The summed E-state index contributed by atoms with van der Waals surface area (Å²) >= 11 is 6.57. The summed E-state index contributed by atoms with van der Waals surface area (Å²) in [4.78, 5) is 2.56. The predicted molar refractivity (Wildman–Crippen MR) is 86.6 cm³/mol. The minimum Gasteiger partial charge on any atom is -0.367 e. The van der Waals surface area contributed by atoms with Gasteiger partial charge in [-0.3, -0.25) is 0 Å². The average Bonchev–Trinajstić information content (AvgIpc) is 3.29. The third kappa shape index (κ3) is 3.29. The van der Waals surface area contributed by atoms with E-state index in [2.05, 4.69) is 42.3 Å². The van der Waals surface area contributed by atoms with Crippen LogP contribution in [0.5, 0.6) is 0 Å². The molecular weight excluding hydrogens is 268 g/mol. The predicted octanol–water partition coefficient (Wildman–Crippen LogP) is 4.39. The minimum absolute atomic E-state index is 0.365. The Morgan fingerprint density at radius 2 is 2.05 bits per heavy atom. The molecule has 1 aromatic carbocycles. The largest absolute Gasteiger partial charge is 0.367 e. The van der Waals surface area contributed by atoms with Crippen LogP contribution < -0.4 is 10.2 Å². The van der Waals surface area contributed by atoms with Gasteiger partial charge in [-0.1, -0.05) is 24.6 Å². The lowest BCUT2D eigenvalue weighted by molar-refractivity contribution is 0.598. The second-order valence-electron chi connectivity index (χ2n) is 6.32. The summed E-state index contributed by atoms with van der Waals surface area (Å²) in [7, 11) is 0. The summed E-state index contributed by atoms with van der Waals surface area (Å²) in [5.41, 5.74) is 2.52.